The third kappa shape index (κ3) is 2.93. The van der Waals surface area contributed by atoms with Gasteiger partial charge in [0.25, 0.3) is 5.91 Å². The first kappa shape index (κ1) is 14.5. The molecule has 1 N–H and O–H groups in total. The molecule has 0 unspecified atom stereocenters. The second-order valence-corrected chi connectivity index (χ2v) is 6.35. The number of hydrogen-bond donors (Lipinski definition) is 1. The van der Waals surface area contributed by atoms with E-state index in [1.165, 1.54) is 11.8 Å². The largest absolute Gasteiger partial charge is 0.307 e. The van der Waals surface area contributed by atoms with Gasteiger partial charge in [0.1, 0.15) is 4.32 Å². The molecule has 0 radical (unpaired) electrons. The minimum absolute atomic E-state index is 0.255. The first-order valence-corrected chi connectivity index (χ1v) is 7.74. The molecule has 1 aliphatic heterocycles. The first-order chi connectivity index (χ1) is 10.7. The molecule has 0 aliphatic carbocycles. The third-order valence-corrected chi connectivity index (χ3v) is 4.35. The van der Waals surface area contributed by atoms with Gasteiger partial charge in [0.05, 0.1) is 16.5 Å². The lowest BCUT2D eigenvalue weighted by atomic mass is 10.0. The summed E-state index contributed by atoms with van der Waals surface area (Å²) >= 11 is 6.11. The van der Waals surface area contributed by atoms with Crippen molar-refractivity contribution in [1.29, 1.82) is 5.26 Å². The summed E-state index contributed by atoms with van der Waals surface area (Å²) in [6, 6.07) is 16.0. The van der Waals surface area contributed by atoms with Gasteiger partial charge in [0, 0.05) is 0 Å². The van der Waals surface area contributed by atoms with Crippen molar-refractivity contribution in [2.45, 2.75) is 0 Å². The molecule has 0 bridgehead atoms. The summed E-state index contributed by atoms with van der Waals surface area (Å²) in [5, 5.41) is 14.0. The van der Waals surface area contributed by atoms with Crippen molar-refractivity contribution in [3.05, 3.63) is 64.6 Å². The number of thioether (sulfide) groups is 1. The number of benzene rings is 2. The van der Waals surface area contributed by atoms with Crippen molar-refractivity contribution in [3.8, 4) is 6.07 Å². The van der Waals surface area contributed by atoms with Crippen LogP contribution in [0.15, 0.2) is 59.0 Å². The Bertz CT molecular complexity index is 886. The molecule has 0 aromatic heterocycles. The van der Waals surface area contributed by atoms with Crippen molar-refractivity contribution in [1.82, 2.24) is 5.32 Å². The van der Waals surface area contributed by atoms with E-state index in [9.17, 15) is 10.1 Å². The second-order valence-electron chi connectivity index (χ2n) is 4.63. The zero-order chi connectivity index (χ0) is 15.5. The fourth-order valence-electron chi connectivity index (χ4n) is 2.21. The highest BCUT2D eigenvalue weighted by Gasteiger charge is 2.22. The maximum atomic E-state index is 11.7. The van der Waals surface area contributed by atoms with E-state index in [2.05, 4.69) is 11.4 Å². The van der Waals surface area contributed by atoms with E-state index in [0.717, 1.165) is 16.3 Å². The molecule has 1 amide bonds. The highest BCUT2D eigenvalue weighted by molar-refractivity contribution is 8.26. The maximum absolute atomic E-state index is 11.7. The Morgan fingerprint density at radius 2 is 2.00 bits per heavy atom. The van der Waals surface area contributed by atoms with Crippen LogP contribution in [0.2, 0.25) is 0 Å². The highest BCUT2D eigenvalue weighted by Crippen LogP contribution is 2.26. The molecule has 1 aliphatic rings. The first-order valence-electron chi connectivity index (χ1n) is 6.52. The van der Waals surface area contributed by atoms with Crippen molar-refractivity contribution in [2.75, 3.05) is 0 Å². The molecule has 3 nitrogen and oxygen atoms in total. The molecule has 0 saturated carbocycles. The molecular formula is C17H10N2OS2. The zero-order valence-electron chi connectivity index (χ0n) is 11.4. The van der Waals surface area contributed by atoms with Crippen LogP contribution >= 0.6 is 24.0 Å². The van der Waals surface area contributed by atoms with Gasteiger partial charge < -0.3 is 5.32 Å². The van der Waals surface area contributed by atoms with E-state index in [1.54, 1.807) is 12.2 Å². The number of allylic oxidation sites excluding steroid dienone is 2. The lowest BCUT2D eigenvalue weighted by Crippen LogP contribution is -2.17. The Labute approximate surface area is 137 Å². The molecular weight excluding hydrogens is 312 g/mol. The smallest absolute Gasteiger partial charge is 0.263 e. The van der Waals surface area contributed by atoms with Crippen molar-refractivity contribution < 1.29 is 4.79 Å². The van der Waals surface area contributed by atoms with Gasteiger partial charge in [0.2, 0.25) is 0 Å². The van der Waals surface area contributed by atoms with Gasteiger partial charge in [-0.15, -0.1) is 0 Å². The fourth-order valence-corrected chi connectivity index (χ4v) is 3.25. The van der Waals surface area contributed by atoms with E-state index in [4.69, 9.17) is 12.2 Å². The number of fused-ring (bicyclic) bond motifs is 1. The van der Waals surface area contributed by atoms with E-state index in [-0.39, 0.29) is 5.91 Å². The summed E-state index contributed by atoms with van der Waals surface area (Å²) < 4.78 is 0.415. The highest BCUT2D eigenvalue weighted by atomic mass is 32.2. The number of thiocarbonyl (C=S) groups is 1. The number of rotatable bonds is 2. The molecule has 0 spiro atoms. The number of hydrogen-bond acceptors (Lipinski definition) is 4. The Balaban J connectivity index is 2.05. The Morgan fingerprint density at radius 1 is 1.23 bits per heavy atom. The zero-order valence-corrected chi connectivity index (χ0v) is 13.0. The number of nitrogens with one attached hydrogen (secondary N) is 1. The maximum Gasteiger partial charge on any atom is 0.263 e. The summed E-state index contributed by atoms with van der Waals surface area (Å²) in [5.74, 6) is -0.255. The van der Waals surface area contributed by atoms with Crippen LogP contribution in [0.5, 0.6) is 0 Å². The van der Waals surface area contributed by atoms with Gasteiger partial charge in [-0.2, -0.15) is 5.26 Å². The Morgan fingerprint density at radius 3 is 2.73 bits per heavy atom. The lowest BCUT2D eigenvalue weighted by molar-refractivity contribution is -0.115. The number of carbonyl (C=O) groups is 1. The average molecular weight is 322 g/mol. The average Bonchev–Trinajstić information content (AvgIpc) is 2.84. The van der Waals surface area contributed by atoms with Crippen LogP contribution in [0.4, 0.5) is 0 Å². The van der Waals surface area contributed by atoms with Crippen LogP contribution in [0, 0.1) is 11.3 Å². The molecule has 1 heterocycles. The van der Waals surface area contributed by atoms with Gasteiger partial charge in [-0.3, -0.25) is 4.79 Å². The minimum atomic E-state index is -0.255. The number of carbonyl (C=O) groups excluding carboxylic acids is 1. The molecule has 5 heteroatoms. The summed E-state index contributed by atoms with van der Waals surface area (Å²) in [6.45, 7) is 0. The summed E-state index contributed by atoms with van der Waals surface area (Å²) in [6.07, 6.45) is 3.35. The van der Waals surface area contributed by atoms with Crippen LogP contribution in [-0.2, 0) is 4.79 Å². The Hall–Kier alpha value is -2.42. The molecule has 0 atom stereocenters. The molecule has 2 aromatic carbocycles. The van der Waals surface area contributed by atoms with Crippen LogP contribution in [0.1, 0.15) is 5.56 Å². The van der Waals surface area contributed by atoms with E-state index in [0.29, 0.717) is 14.8 Å². The lowest BCUT2D eigenvalue weighted by Gasteiger charge is -2.02. The van der Waals surface area contributed by atoms with Gasteiger partial charge in [-0.1, -0.05) is 66.4 Å². The van der Waals surface area contributed by atoms with Crippen LogP contribution in [0.3, 0.4) is 0 Å². The van der Waals surface area contributed by atoms with Crippen molar-refractivity contribution in [3.63, 3.8) is 0 Å². The van der Waals surface area contributed by atoms with Crippen LogP contribution in [0.25, 0.3) is 16.8 Å². The van der Waals surface area contributed by atoms with E-state index in [1.807, 2.05) is 42.5 Å². The number of nitriles is 1. The fraction of sp³-hybridized carbons (Fsp3) is 0. The van der Waals surface area contributed by atoms with Gasteiger partial charge in [-0.25, -0.2) is 0 Å². The molecule has 1 fully saturated rings. The normalized spacial score (nSPS) is 16.9. The predicted molar refractivity (Wildman–Crippen MR) is 94.0 cm³/mol. The van der Waals surface area contributed by atoms with Gasteiger partial charge in [-0.05, 0) is 28.5 Å². The standard InChI is InChI=1S/C17H10N2OS2/c18-10-11(9-15-16(20)19-17(21)22-15)8-13-6-3-5-12-4-1-2-7-14(12)13/h1-9H,(H,19,20,21)/b11-8-,15-9-. The van der Waals surface area contributed by atoms with Crippen molar-refractivity contribution in [2.24, 2.45) is 0 Å². The molecule has 106 valence electrons. The van der Waals surface area contributed by atoms with Gasteiger partial charge >= 0.3 is 0 Å². The van der Waals surface area contributed by atoms with Crippen LogP contribution in [-0.4, -0.2) is 10.2 Å². The number of nitrogens with zero attached hydrogens (tertiary/aromatic N) is 1. The summed E-state index contributed by atoms with van der Waals surface area (Å²) in [7, 11) is 0. The monoisotopic (exact) mass is 322 g/mol. The topological polar surface area (TPSA) is 52.9 Å². The van der Waals surface area contributed by atoms with Crippen molar-refractivity contribution >= 4 is 51.1 Å². The SMILES string of the molecule is N#CC(=C\c1cccc2ccccc12)/C=C1\SC(=S)NC1=O. The van der Waals surface area contributed by atoms with E-state index < -0.39 is 0 Å². The molecule has 1 saturated heterocycles. The van der Waals surface area contributed by atoms with E-state index >= 15 is 0 Å². The molecule has 3 rings (SSSR count). The quantitative estimate of drug-likeness (QED) is 0.519. The number of amides is 1. The minimum Gasteiger partial charge on any atom is -0.307 e. The summed E-state index contributed by atoms with van der Waals surface area (Å²) in [4.78, 5) is 12.1. The molecule has 22 heavy (non-hydrogen) atoms. The second kappa shape index (κ2) is 6.14. The summed E-state index contributed by atoms with van der Waals surface area (Å²) in [5.41, 5.74) is 1.36. The van der Waals surface area contributed by atoms with Gasteiger partial charge in [0.15, 0.2) is 0 Å². The van der Waals surface area contributed by atoms with Crippen LogP contribution < -0.4 is 5.32 Å². The Kier molecular flexibility index (Phi) is 4.05. The third-order valence-electron chi connectivity index (χ3n) is 3.19. The molecule has 2 aromatic rings. The predicted octanol–water partition coefficient (Wildman–Crippen LogP) is 3.78.